The Morgan fingerprint density at radius 2 is 0.980 bits per heavy atom. The first-order valence-electron chi connectivity index (χ1n) is 15.6. The van der Waals surface area contributed by atoms with Gasteiger partial charge in [0.15, 0.2) is 0 Å². The average molecular weight is 675 g/mol. The van der Waals surface area contributed by atoms with E-state index < -0.39 is 23.5 Å². The molecule has 8 rings (SSSR count). The molecule has 0 unspecified atom stereocenters. The van der Waals surface area contributed by atoms with E-state index >= 15 is 0 Å². The van der Waals surface area contributed by atoms with Gasteiger partial charge in [-0.25, -0.2) is 0 Å². The van der Waals surface area contributed by atoms with E-state index in [4.69, 9.17) is 0 Å². The van der Waals surface area contributed by atoms with E-state index in [2.05, 4.69) is 11.1 Å². The van der Waals surface area contributed by atoms with Gasteiger partial charge < -0.3 is 9.13 Å². The number of halogens is 6. The molecule has 50 heavy (non-hydrogen) atoms. The first kappa shape index (κ1) is 31.2. The summed E-state index contributed by atoms with van der Waals surface area (Å²) < 4.78 is 88.5. The summed E-state index contributed by atoms with van der Waals surface area (Å²) >= 11 is 0. The van der Waals surface area contributed by atoms with Gasteiger partial charge >= 0.3 is 12.4 Å². The van der Waals surface area contributed by atoms with E-state index in [-0.39, 0.29) is 16.6 Å². The Hall–Kier alpha value is -6.08. The Labute approximate surface area is 281 Å². The van der Waals surface area contributed by atoms with Crippen molar-refractivity contribution in [2.45, 2.75) is 26.2 Å². The summed E-state index contributed by atoms with van der Waals surface area (Å²) in [5.74, 6) is 0. The second kappa shape index (κ2) is 11.0. The Bertz CT molecular complexity index is 2700. The Morgan fingerprint density at radius 3 is 1.44 bits per heavy atom. The summed E-state index contributed by atoms with van der Waals surface area (Å²) in [6, 6.07) is 30.6. The fourth-order valence-corrected chi connectivity index (χ4v) is 7.07. The molecule has 0 spiro atoms. The minimum Gasteiger partial charge on any atom is -0.307 e. The second-order valence-electron chi connectivity index (χ2n) is 12.3. The SMILES string of the molecule is Cc1cc(-c2cc(-n3c4ccccc4c4ccc(C(F)(F)F)cc43)c(-n3c4ccccc4c4ccc(C(F)(F)F)cc43)cc2C#N)cc(C)n1. The van der Waals surface area contributed by atoms with Crippen molar-refractivity contribution in [2.24, 2.45) is 0 Å². The Morgan fingerprint density at radius 1 is 0.540 bits per heavy atom. The molecule has 0 aliphatic carbocycles. The van der Waals surface area contributed by atoms with E-state index in [0.717, 1.165) is 24.3 Å². The number of nitrogens with zero attached hydrogens (tertiary/aromatic N) is 4. The monoisotopic (exact) mass is 674 g/mol. The van der Waals surface area contributed by atoms with E-state index in [1.165, 1.54) is 12.1 Å². The smallest absolute Gasteiger partial charge is 0.307 e. The Kier molecular flexibility index (Phi) is 6.85. The fourth-order valence-electron chi connectivity index (χ4n) is 7.07. The van der Waals surface area contributed by atoms with E-state index in [1.54, 1.807) is 63.7 Å². The third-order valence-electron chi connectivity index (χ3n) is 9.11. The van der Waals surface area contributed by atoms with Crippen molar-refractivity contribution in [1.29, 1.82) is 5.26 Å². The number of rotatable bonds is 3. The molecule has 246 valence electrons. The normalized spacial score (nSPS) is 12.4. The zero-order valence-electron chi connectivity index (χ0n) is 26.4. The Balaban J connectivity index is 1.59. The molecule has 0 N–H and O–H groups in total. The summed E-state index contributed by atoms with van der Waals surface area (Å²) in [6.07, 6.45) is -9.28. The second-order valence-corrected chi connectivity index (χ2v) is 12.3. The van der Waals surface area contributed by atoms with Gasteiger partial charge in [0.25, 0.3) is 0 Å². The summed E-state index contributed by atoms with van der Waals surface area (Å²) in [5.41, 5.74) is 3.38. The molecular formula is C40H24F6N4. The first-order chi connectivity index (χ1) is 23.8. The predicted molar refractivity (Wildman–Crippen MR) is 183 cm³/mol. The van der Waals surface area contributed by atoms with Gasteiger partial charge in [-0.2, -0.15) is 31.6 Å². The molecule has 0 atom stereocenters. The summed E-state index contributed by atoms with van der Waals surface area (Å²) in [6.45, 7) is 3.64. The third kappa shape index (κ3) is 4.88. The van der Waals surface area contributed by atoms with Crippen molar-refractivity contribution in [3.8, 4) is 28.6 Å². The van der Waals surface area contributed by atoms with Gasteiger partial charge in [-0.3, -0.25) is 4.98 Å². The lowest BCUT2D eigenvalue weighted by molar-refractivity contribution is -0.138. The van der Waals surface area contributed by atoms with Crippen molar-refractivity contribution >= 4 is 43.6 Å². The highest BCUT2D eigenvalue weighted by Gasteiger charge is 2.33. The summed E-state index contributed by atoms with van der Waals surface area (Å²) in [5, 5.41) is 13.0. The predicted octanol–water partition coefficient (Wildman–Crippen LogP) is 11.5. The number of hydrogen-bond acceptors (Lipinski definition) is 2. The number of aromatic nitrogens is 3. The molecule has 4 nitrogen and oxygen atoms in total. The van der Waals surface area contributed by atoms with Crippen LogP contribution in [-0.2, 0) is 12.4 Å². The third-order valence-corrected chi connectivity index (χ3v) is 9.11. The lowest BCUT2D eigenvalue weighted by atomic mass is 9.97. The van der Waals surface area contributed by atoms with Crippen molar-refractivity contribution in [2.75, 3.05) is 0 Å². The average Bonchev–Trinajstić information content (AvgIpc) is 3.58. The van der Waals surface area contributed by atoms with Crippen LogP contribution in [0.4, 0.5) is 26.3 Å². The largest absolute Gasteiger partial charge is 0.416 e. The number of pyridine rings is 1. The number of benzene rings is 5. The van der Waals surface area contributed by atoms with Crippen LogP contribution in [0.2, 0.25) is 0 Å². The molecule has 3 aromatic heterocycles. The van der Waals surface area contributed by atoms with Crippen molar-refractivity contribution < 1.29 is 26.3 Å². The van der Waals surface area contributed by atoms with Crippen molar-refractivity contribution in [3.63, 3.8) is 0 Å². The molecule has 0 saturated carbocycles. The van der Waals surface area contributed by atoms with Gasteiger partial charge in [0, 0.05) is 38.5 Å². The van der Waals surface area contributed by atoms with Crippen molar-refractivity contribution in [1.82, 2.24) is 14.1 Å². The maximum absolute atomic E-state index is 14.2. The zero-order chi connectivity index (χ0) is 35.1. The van der Waals surface area contributed by atoms with Crippen LogP contribution in [0.1, 0.15) is 28.1 Å². The summed E-state index contributed by atoms with van der Waals surface area (Å²) in [7, 11) is 0. The standard InChI is InChI=1S/C40H24F6N4/c1-22-15-24(16-23(2)48-22)32-20-38(50-34-10-6-4-8-29(34)31-14-12-27(19-36(31)50)40(44,45)46)37(17-25(32)21-47)49-33-9-5-3-7-28(33)30-13-11-26(18-35(30)49)39(41,42)43/h3-20H,1-2H3. The van der Waals surface area contributed by atoms with E-state index in [9.17, 15) is 31.6 Å². The minimum atomic E-state index is -4.64. The number of alkyl halides is 6. The van der Waals surface area contributed by atoms with Gasteiger partial charge in [0.1, 0.15) is 0 Å². The fraction of sp³-hybridized carbons (Fsp3) is 0.100. The molecule has 0 aliphatic rings. The number of para-hydroxylation sites is 2. The molecule has 3 heterocycles. The van der Waals surface area contributed by atoms with Crippen LogP contribution < -0.4 is 0 Å². The first-order valence-corrected chi connectivity index (χ1v) is 15.6. The molecule has 0 fully saturated rings. The zero-order valence-corrected chi connectivity index (χ0v) is 26.4. The molecule has 0 bridgehead atoms. The van der Waals surface area contributed by atoms with E-state index in [1.807, 2.05) is 32.0 Å². The molecule has 0 aliphatic heterocycles. The molecule has 10 heteroatoms. The number of fused-ring (bicyclic) bond motifs is 6. The minimum absolute atomic E-state index is 0.225. The van der Waals surface area contributed by atoms with Crippen LogP contribution >= 0.6 is 0 Å². The molecule has 5 aromatic carbocycles. The molecule has 0 saturated heterocycles. The maximum atomic E-state index is 14.2. The van der Waals surface area contributed by atoms with Gasteiger partial charge in [0.05, 0.1) is 56.2 Å². The summed E-state index contributed by atoms with van der Waals surface area (Å²) in [4.78, 5) is 4.47. The van der Waals surface area contributed by atoms with Crippen molar-refractivity contribution in [3.05, 3.63) is 137 Å². The van der Waals surface area contributed by atoms with Gasteiger partial charge in [-0.05, 0) is 80.1 Å². The van der Waals surface area contributed by atoms with E-state index in [0.29, 0.717) is 66.5 Å². The highest BCUT2D eigenvalue weighted by Crippen LogP contribution is 2.43. The van der Waals surface area contributed by atoms with Crippen LogP contribution in [0, 0.1) is 25.2 Å². The quantitative estimate of drug-likeness (QED) is 0.175. The van der Waals surface area contributed by atoms with Gasteiger partial charge in [-0.1, -0.05) is 48.5 Å². The van der Waals surface area contributed by atoms with Crippen LogP contribution in [0.15, 0.2) is 109 Å². The molecule has 0 amide bonds. The number of aryl methyl sites for hydroxylation is 2. The molecular weight excluding hydrogens is 650 g/mol. The number of nitriles is 1. The van der Waals surface area contributed by atoms with Crippen LogP contribution in [0.5, 0.6) is 0 Å². The highest BCUT2D eigenvalue weighted by atomic mass is 19.4. The van der Waals surface area contributed by atoms with Crippen LogP contribution in [0.25, 0.3) is 66.1 Å². The lowest BCUT2D eigenvalue weighted by Gasteiger charge is -2.20. The molecule has 8 aromatic rings. The topological polar surface area (TPSA) is 46.5 Å². The highest BCUT2D eigenvalue weighted by molar-refractivity contribution is 6.12. The van der Waals surface area contributed by atoms with Crippen LogP contribution in [-0.4, -0.2) is 14.1 Å². The van der Waals surface area contributed by atoms with Crippen LogP contribution in [0.3, 0.4) is 0 Å². The van der Waals surface area contributed by atoms with Gasteiger partial charge in [-0.15, -0.1) is 0 Å². The van der Waals surface area contributed by atoms with Gasteiger partial charge in [0.2, 0.25) is 0 Å². The maximum Gasteiger partial charge on any atom is 0.416 e. The lowest BCUT2D eigenvalue weighted by Crippen LogP contribution is -2.08. The molecule has 0 radical (unpaired) electrons. The number of hydrogen-bond donors (Lipinski definition) is 0.